The van der Waals surface area contributed by atoms with Gasteiger partial charge in [-0.05, 0) is 33.9 Å². The van der Waals surface area contributed by atoms with Gasteiger partial charge in [-0.3, -0.25) is 0 Å². The second-order valence-corrected chi connectivity index (χ2v) is 4.20. The van der Waals surface area contributed by atoms with Crippen molar-refractivity contribution >= 4 is 0 Å². The van der Waals surface area contributed by atoms with Gasteiger partial charge in [-0.15, -0.1) is 0 Å². The SMILES string of the molecule is CC.CCN(CC)CCNC(C)(C)C. The van der Waals surface area contributed by atoms with E-state index < -0.39 is 0 Å². The quantitative estimate of drug-likeness (QED) is 0.737. The molecule has 0 atom stereocenters. The van der Waals surface area contributed by atoms with Crippen LogP contribution in [0.25, 0.3) is 0 Å². The van der Waals surface area contributed by atoms with E-state index in [-0.39, 0.29) is 5.54 Å². The molecule has 0 radical (unpaired) electrons. The van der Waals surface area contributed by atoms with Crippen LogP contribution < -0.4 is 5.32 Å². The molecular weight excluding hydrogens is 172 g/mol. The van der Waals surface area contributed by atoms with Gasteiger partial charge in [0.2, 0.25) is 0 Å². The summed E-state index contributed by atoms with van der Waals surface area (Å²) in [5, 5.41) is 3.48. The Kier molecular flexibility index (Phi) is 11.1. The molecule has 0 aromatic rings. The highest BCUT2D eigenvalue weighted by Gasteiger charge is 2.08. The lowest BCUT2D eigenvalue weighted by atomic mass is 10.1. The van der Waals surface area contributed by atoms with Gasteiger partial charge in [0.05, 0.1) is 0 Å². The van der Waals surface area contributed by atoms with E-state index in [1.165, 1.54) is 0 Å². The lowest BCUT2D eigenvalue weighted by molar-refractivity contribution is 0.286. The van der Waals surface area contributed by atoms with Crippen LogP contribution in [0.4, 0.5) is 0 Å². The molecule has 0 spiro atoms. The number of nitrogens with one attached hydrogen (secondary N) is 1. The smallest absolute Gasteiger partial charge is 0.0107 e. The number of nitrogens with zero attached hydrogens (tertiary/aromatic N) is 1. The summed E-state index contributed by atoms with van der Waals surface area (Å²) in [7, 11) is 0. The van der Waals surface area contributed by atoms with Gasteiger partial charge >= 0.3 is 0 Å². The van der Waals surface area contributed by atoms with Gasteiger partial charge in [0.25, 0.3) is 0 Å². The zero-order valence-electron chi connectivity index (χ0n) is 11.3. The molecule has 2 heteroatoms. The number of hydrogen-bond donors (Lipinski definition) is 1. The molecule has 0 amide bonds. The third-order valence-corrected chi connectivity index (χ3v) is 1.98. The Hall–Kier alpha value is -0.0800. The zero-order chi connectivity index (χ0) is 11.6. The largest absolute Gasteiger partial charge is 0.311 e. The third kappa shape index (κ3) is 11.9. The molecule has 0 aromatic carbocycles. The Balaban J connectivity index is 0. The molecule has 0 bridgehead atoms. The molecule has 0 fully saturated rings. The van der Waals surface area contributed by atoms with Gasteiger partial charge in [-0.25, -0.2) is 0 Å². The molecule has 0 aliphatic rings. The van der Waals surface area contributed by atoms with Crippen LogP contribution in [0.3, 0.4) is 0 Å². The van der Waals surface area contributed by atoms with Gasteiger partial charge in [0.15, 0.2) is 0 Å². The zero-order valence-corrected chi connectivity index (χ0v) is 11.3. The van der Waals surface area contributed by atoms with Crippen molar-refractivity contribution < 1.29 is 0 Å². The van der Waals surface area contributed by atoms with E-state index in [1.54, 1.807) is 0 Å². The number of rotatable bonds is 5. The van der Waals surface area contributed by atoms with E-state index in [2.05, 4.69) is 44.8 Å². The fraction of sp³-hybridized carbons (Fsp3) is 1.00. The Morgan fingerprint density at radius 1 is 1.00 bits per heavy atom. The lowest BCUT2D eigenvalue weighted by Gasteiger charge is -2.24. The van der Waals surface area contributed by atoms with Crippen LogP contribution in [0.1, 0.15) is 48.5 Å². The molecule has 0 heterocycles. The molecule has 0 unspecified atom stereocenters. The summed E-state index contributed by atoms with van der Waals surface area (Å²) >= 11 is 0. The molecule has 0 saturated carbocycles. The topological polar surface area (TPSA) is 15.3 Å². The maximum absolute atomic E-state index is 3.48. The molecule has 1 N–H and O–H groups in total. The summed E-state index contributed by atoms with van der Waals surface area (Å²) < 4.78 is 0. The maximum atomic E-state index is 3.48. The van der Waals surface area contributed by atoms with Gasteiger partial charge in [0, 0.05) is 18.6 Å². The van der Waals surface area contributed by atoms with E-state index in [9.17, 15) is 0 Å². The first kappa shape index (κ1) is 16.4. The van der Waals surface area contributed by atoms with Gasteiger partial charge < -0.3 is 10.2 Å². The predicted octanol–water partition coefficient (Wildman–Crippen LogP) is 2.74. The highest BCUT2D eigenvalue weighted by molar-refractivity contribution is 4.70. The molecule has 88 valence electrons. The van der Waals surface area contributed by atoms with Gasteiger partial charge in [-0.1, -0.05) is 27.7 Å². The van der Waals surface area contributed by atoms with Crippen LogP contribution in [0.2, 0.25) is 0 Å². The first-order chi connectivity index (χ1) is 6.49. The van der Waals surface area contributed by atoms with E-state index >= 15 is 0 Å². The van der Waals surface area contributed by atoms with Crippen molar-refractivity contribution in [3.63, 3.8) is 0 Å². The van der Waals surface area contributed by atoms with Crippen molar-refractivity contribution in [1.29, 1.82) is 0 Å². The summed E-state index contributed by atoms with van der Waals surface area (Å²) in [5.41, 5.74) is 0.257. The molecular formula is C12H30N2. The van der Waals surface area contributed by atoms with Crippen molar-refractivity contribution in [2.24, 2.45) is 0 Å². The van der Waals surface area contributed by atoms with Crippen molar-refractivity contribution in [1.82, 2.24) is 10.2 Å². The molecule has 14 heavy (non-hydrogen) atoms. The Labute approximate surface area is 91.1 Å². The number of hydrogen-bond acceptors (Lipinski definition) is 2. The average Bonchev–Trinajstić information content (AvgIpc) is 2.14. The summed E-state index contributed by atoms with van der Waals surface area (Å²) in [6.45, 7) is 19.6. The summed E-state index contributed by atoms with van der Waals surface area (Å²) in [5.74, 6) is 0. The second-order valence-electron chi connectivity index (χ2n) is 4.20. The molecule has 0 rings (SSSR count). The highest BCUT2D eigenvalue weighted by atomic mass is 15.1. The first-order valence-electron chi connectivity index (χ1n) is 5.97. The van der Waals surface area contributed by atoms with Crippen molar-refractivity contribution in [3.8, 4) is 0 Å². The van der Waals surface area contributed by atoms with Crippen molar-refractivity contribution in [2.45, 2.75) is 54.0 Å². The van der Waals surface area contributed by atoms with Crippen molar-refractivity contribution in [3.05, 3.63) is 0 Å². The van der Waals surface area contributed by atoms with E-state index in [0.29, 0.717) is 0 Å². The third-order valence-electron chi connectivity index (χ3n) is 1.98. The minimum atomic E-state index is 0.257. The van der Waals surface area contributed by atoms with Crippen LogP contribution in [-0.2, 0) is 0 Å². The minimum absolute atomic E-state index is 0.257. The van der Waals surface area contributed by atoms with E-state index in [1.807, 2.05) is 13.8 Å². The molecule has 2 nitrogen and oxygen atoms in total. The van der Waals surface area contributed by atoms with Crippen LogP contribution in [0, 0.1) is 0 Å². The Morgan fingerprint density at radius 2 is 1.43 bits per heavy atom. The standard InChI is InChI=1S/C10H24N2.C2H6/c1-6-12(7-2)9-8-11-10(3,4)5;1-2/h11H,6-9H2,1-5H3;1-2H3. The normalized spacial score (nSPS) is 11.1. The minimum Gasteiger partial charge on any atom is -0.311 e. The average molecular weight is 202 g/mol. The Bertz CT molecular complexity index is 101. The molecule has 0 saturated heterocycles. The molecule has 0 aliphatic heterocycles. The highest BCUT2D eigenvalue weighted by Crippen LogP contribution is 1.97. The first-order valence-corrected chi connectivity index (χ1v) is 5.97. The predicted molar refractivity (Wildman–Crippen MR) is 66.9 cm³/mol. The van der Waals surface area contributed by atoms with Gasteiger partial charge in [-0.2, -0.15) is 0 Å². The van der Waals surface area contributed by atoms with E-state index in [0.717, 1.165) is 26.2 Å². The fourth-order valence-corrected chi connectivity index (χ4v) is 1.13. The fourth-order valence-electron chi connectivity index (χ4n) is 1.13. The maximum Gasteiger partial charge on any atom is 0.0107 e. The monoisotopic (exact) mass is 202 g/mol. The van der Waals surface area contributed by atoms with Crippen LogP contribution >= 0.6 is 0 Å². The van der Waals surface area contributed by atoms with Gasteiger partial charge in [0.1, 0.15) is 0 Å². The van der Waals surface area contributed by atoms with Crippen LogP contribution in [0.15, 0.2) is 0 Å². The van der Waals surface area contributed by atoms with Crippen LogP contribution in [0.5, 0.6) is 0 Å². The van der Waals surface area contributed by atoms with E-state index in [4.69, 9.17) is 0 Å². The summed E-state index contributed by atoms with van der Waals surface area (Å²) in [6, 6.07) is 0. The lowest BCUT2D eigenvalue weighted by Crippen LogP contribution is -2.41. The second kappa shape index (κ2) is 9.47. The summed E-state index contributed by atoms with van der Waals surface area (Å²) in [6.07, 6.45) is 0. The Morgan fingerprint density at radius 3 is 1.71 bits per heavy atom. The molecule has 0 aromatic heterocycles. The summed E-state index contributed by atoms with van der Waals surface area (Å²) in [4.78, 5) is 2.43. The van der Waals surface area contributed by atoms with Crippen molar-refractivity contribution in [2.75, 3.05) is 26.2 Å². The molecule has 0 aliphatic carbocycles. The number of likely N-dealkylation sites (N-methyl/N-ethyl adjacent to an activating group) is 1. The van der Waals surface area contributed by atoms with Crippen LogP contribution in [-0.4, -0.2) is 36.6 Å².